The van der Waals surface area contributed by atoms with E-state index in [4.69, 9.17) is 0 Å². The van der Waals surface area contributed by atoms with Crippen LogP contribution >= 0.6 is 0 Å². The summed E-state index contributed by atoms with van der Waals surface area (Å²) in [4.78, 5) is -0.574. The molecule has 0 amide bonds. The van der Waals surface area contributed by atoms with Gasteiger partial charge < -0.3 is 0 Å². The van der Waals surface area contributed by atoms with Gasteiger partial charge in [0.1, 0.15) is 10.7 Å². The molecule has 0 heterocycles. The first kappa shape index (κ1) is 17.6. The van der Waals surface area contributed by atoms with Crippen LogP contribution in [-0.2, 0) is 19.9 Å². The molecule has 0 fully saturated rings. The zero-order valence-electron chi connectivity index (χ0n) is 12.5. The van der Waals surface area contributed by atoms with Gasteiger partial charge in [0, 0.05) is 12.3 Å². The predicted molar refractivity (Wildman–Crippen MR) is 84.7 cm³/mol. The second-order valence-electron chi connectivity index (χ2n) is 5.11. The maximum absolute atomic E-state index is 12.9. The van der Waals surface area contributed by atoms with Gasteiger partial charge in [0.2, 0.25) is 10.0 Å². The fourth-order valence-corrected chi connectivity index (χ4v) is 4.96. The molecule has 23 heavy (non-hydrogen) atoms. The highest BCUT2D eigenvalue weighted by molar-refractivity contribution is 7.93. The van der Waals surface area contributed by atoms with Gasteiger partial charge in [-0.1, -0.05) is 24.3 Å². The van der Waals surface area contributed by atoms with Gasteiger partial charge in [-0.3, -0.25) is 0 Å². The topological polar surface area (TPSA) is 80.3 Å². The van der Waals surface area contributed by atoms with Crippen molar-refractivity contribution < 1.29 is 21.2 Å². The molecular weight excluding hydrogens is 341 g/mol. The third kappa shape index (κ3) is 4.15. The Morgan fingerprint density at radius 1 is 0.913 bits per heavy atom. The van der Waals surface area contributed by atoms with E-state index in [2.05, 4.69) is 4.72 Å². The molecule has 1 atom stereocenters. The molecule has 2 rings (SSSR count). The molecule has 0 aliphatic rings. The molecule has 0 saturated carbocycles. The molecule has 0 aliphatic carbocycles. The lowest BCUT2D eigenvalue weighted by Gasteiger charge is -2.16. The summed E-state index contributed by atoms with van der Waals surface area (Å²) < 4.78 is 63.9. The minimum Gasteiger partial charge on any atom is -0.224 e. The highest BCUT2D eigenvalue weighted by Gasteiger charge is 2.25. The van der Waals surface area contributed by atoms with E-state index in [0.29, 0.717) is 5.56 Å². The minimum atomic E-state index is -4.05. The van der Waals surface area contributed by atoms with Gasteiger partial charge in [0.15, 0.2) is 9.84 Å². The van der Waals surface area contributed by atoms with Gasteiger partial charge in [-0.2, -0.15) is 0 Å². The monoisotopic (exact) mass is 357 g/mol. The zero-order chi connectivity index (χ0) is 17.3. The number of sulfone groups is 1. The highest BCUT2D eigenvalue weighted by Crippen LogP contribution is 2.23. The Hall–Kier alpha value is -1.77. The third-order valence-corrected chi connectivity index (χ3v) is 6.12. The van der Waals surface area contributed by atoms with Crippen LogP contribution in [0.5, 0.6) is 0 Å². The molecule has 0 saturated heterocycles. The first-order valence-corrected chi connectivity index (χ1v) is 10.1. The lowest BCUT2D eigenvalue weighted by atomic mass is 10.1. The predicted octanol–water partition coefficient (Wildman–Crippen LogP) is 2.27. The summed E-state index contributed by atoms with van der Waals surface area (Å²) >= 11 is 0. The number of rotatable bonds is 5. The molecular formula is C15H16FNO4S2. The SMILES string of the molecule is C[C@H](NS(=O)(=O)c1ccccc1S(C)(=O)=O)c1ccc(F)cc1. The van der Waals surface area contributed by atoms with Crippen molar-refractivity contribution >= 4 is 19.9 Å². The van der Waals surface area contributed by atoms with Crippen molar-refractivity contribution in [2.45, 2.75) is 22.8 Å². The molecule has 0 unspecified atom stereocenters. The van der Waals surface area contributed by atoms with Crippen LogP contribution in [0.25, 0.3) is 0 Å². The maximum atomic E-state index is 12.9. The number of nitrogens with one attached hydrogen (secondary N) is 1. The Bertz CT molecular complexity index is 907. The quantitative estimate of drug-likeness (QED) is 0.890. The van der Waals surface area contributed by atoms with Crippen LogP contribution in [0.15, 0.2) is 58.3 Å². The van der Waals surface area contributed by atoms with E-state index < -0.39 is 31.7 Å². The van der Waals surface area contributed by atoms with Crippen molar-refractivity contribution in [1.82, 2.24) is 4.72 Å². The Morgan fingerprint density at radius 2 is 1.43 bits per heavy atom. The van der Waals surface area contributed by atoms with E-state index in [0.717, 1.165) is 6.26 Å². The number of benzene rings is 2. The van der Waals surface area contributed by atoms with Crippen LogP contribution < -0.4 is 4.72 Å². The summed E-state index contributed by atoms with van der Waals surface area (Å²) in [6, 6.07) is 10.1. The summed E-state index contributed by atoms with van der Waals surface area (Å²) in [5.74, 6) is -0.425. The summed E-state index contributed by atoms with van der Waals surface area (Å²) in [6.07, 6.45) is 0.949. The van der Waals surface area contributed by atoms with E-state index in [1.165, 1.54) is 48.5 Å². The van der Waals surface area contributed by atoms with E-state index in [1.54, 1.807) is 6.92 Å². The van der Waals surface area contributed by atoms with Crippen LogP contribution in [0.4, 0.5) is 4.39 Å². The smallest absolute Gasteiger partial charge is 0.224 e. The summed E-state index contributed by atoms with van der Waals surface area (Å²) in [5, 5.41) is 0. The summed E-state index contributed by atoms with van der Waals surface area (Å²) in [7, 11) is -7.75. The first-order chi connectivity index (χ1) is 10.6. The van der Waals surface area contributed by atoms with Crippen LogP contribution in [0, 0.1) is 5.82 Å². The van der Waals surface area contributed by atoms with Crippen molar-refractivity contribution in [1.29, 1.82) is 0 Å². The van der Waals surface area contributed by atoms with E-state index >= 15 is 0 Å². The fraction of sp³-hybridized carbons (Fsp3) is 0.200. The van der Waals surface area contributed by atoms with E-state index in [-0.39, 0.29) is 9.79 Å². The Balaban J connectivity index is 2.38. The molecule has 0 aliphatic heterocycles. The average molecular weight is 357 g/mol. The van der Waals surface area contributed by atoms with E-state index in [1.807, 2.05) is 0 Å². The molecule has 2 aromatic rings. The molecule has 0 radical (unpaired) electrons. The summed E-state index contributed by atoms with van der Waals surface area (Å²) in [6.45, 7) is 1.59. The van der Waals surface area contributed by atoms with Gasteiger partial charge in [0.05, 0.1) is 4.90 Å². The molecule has 8 heteroatoms. The number of sulfonamides is 1. The number of hydrogen-bond donors (Lipinski definition) is 1. The van der Waals surface area contributed by atoms with Crippen LogP contribution in [0.1, 0.15) is 18.5 Å². The Labute approximate surface area is 135 Å². The standard InChI is InChI=1S/C15H16FNO4S2/c1-11(12-7-9-13(16)10-8-12)17-23(20,21)15-6-4-3-5-14(15)22(2,18)19/h3-11,17H,1-2H3/t11-/m0/s1. The van der Waals surface area contributed by atoms with E-state index in [9.17, 15) is 21.2 Å². The molecule has 0 aromatic heterocycles. The second kappa shape index (κ2) is 6.38. The summed E-state index contributed by atoms with van der Waals surface area (Å²) in [5.41, 5.74) is 0.562. The van der Waals surface area contributed by atoms with Crippen molar-refractivity contribution in [3.8, 4) is 0 Å². The first-order valence-electron chi connectivity index (χ1n) is 6.68. The van der Waals surface area contributed by atoms with Gasteiger partial charge >= 0.3 is 0 Å². The number of halogens is 1. The van der Waals surface area contributed by atoms with Gasteiger partial charge in [-0.05, 0) is 36.8 Å². The van der Waals surface area contributed by atoms with Crippen molar-refractivity contribution in [3.05, 3.63) is 59.9 Å². The molecule has 1 N–H and O–H groups in total. The van der Waals surface area contributed by atoms with Crippen molar-refractivity contribution in [3.63, 3.8) is 0 Å². The molecule has 0 spiro atoms. The van der Waals surface area contributed by atoms with Gasteiger partial charge in [-0.15, -0.1) is 0 Å². The lowest BCUT2D eigenvalue weighted by molar-refractivity contribution is 0.561. The molecule has 5 nitrogen and oxygen atoms in total. The Morgan fingerprint density at radius 3 is 1.96 bits per heavy atom. The van der Waals surface area contributed by atoms with Crippen LogP contribution in [-0.4, -0.2) is 23.1 Å². The molecule has 124 valence electrons. The zero-order valence-corrected chi connectivity index (χ0v) is 14.2. The van der Waals surface area contributed by atoms with Gasteiger partial charge in [-0.25, -0.2) is 25.9 Å². The number of hydrogen-bond acceptors (Lipinski definition) is 4. The van der Waals surface area contributed by atoms with Crippen molar-refractivity contribution in [2.24, 2.45) is 0 Å². The fourth-order valence-electron chi connectivity index (χ4n) is 2.09. The van der Waals surface area contributed by atoms with Crippen LogP contribution in [0.2, 0.25) is 0 Å². The lowest BCUT2D eigenvalue weighted by Crippen LogP contribution is -2.28. The third-order valence-electron chi connectivity index (χ3n) is 3.24. The maximum Gasteiger partial charge on any atom is 0.242 e. The average Bonchev–Trinajstić information content (AvgIpc) is 2.46. The van der Waals surface area contributed by atoms with Crippen molar-refractivity contribution in [2.75, 3.05) is 6.26 Å². The minimum absolute atomic E-state index is 0.265. The normalized spacial score (nSPS) is 13.7. The van der Waals surface area contributed by atoms with Gasteiger partial charge in [0.25, 0.3) is 0 Å². The molecule has 0 bridgehead atoms. The largest absolute Gasteiger partial charge is 0.242 e. The second-order valence-corrected chi connectivity index (χ2v) is 8.78. The Kier molecular flexibility index (Phi) is 4.88. The van der Waals surface area contributed by atoms with Crippen LogP contribution in [0.3, 0.4) is 0 Å². The molecule has 2 aromatic carbocycles. The highest BCUT2D eigenvalue weighted by atomic mass is 32.2.